The summed E-state index contributed by atoms with van der Waals surface area (Å²) in [5.74, 6) is 1.53. The highest BCUT2D eigenvalue weighted by molar-refractivity contribution is 7.80. The molecule has 0 spiro atoms. The number of methoxy groups -OCH3 is 2. The summed E-state index contributed by atoms with van der Waals surface area (Å²) in [5.41, 5.74) is 4.14. The Morgan fingerprint density at radius 2 is 1.83 bits per heavy atom. The highest BCUT2D eigenvalue weighted by atomic mass is 32.1. The molecule has 1 aromatic rings. The van der Waals surface area contributed by atoms with E-state index < -0.39 is 0 Å². The molecule has 6 heteroatoms. The number of nitrogens with zero attached hydrogens (tertiary/aromatic N) is 1. The van der Waals surface area contributed by atoms with Crippen LogP contribution in [0.3, 0.4) is 0 Å². The molecule has 1 fully saturated rings. The van der Waals surface area contributed by atoms with Crippen LogP contribution in [-0.4, -0.2) is 30.9 Å². The van der Waals surface area contributed by atoms with Gasteiger partial charge in [0.2, 0.25) is 0 Å². The Labute approximate surface area is 112 Å². The fourth-order valence-electron chi connectivity index (χ4n) is 1.94. The Hall–Kier alpha value is -1.53. The quantitative estimate of drug-likeness (QED) is 0.805. The SMILES string of the molecule is CCN1NC(=S)NC1c1cc(OC)cc(OC)c1. The lowest BCUT2D eigenvalue weighted by Crippen LogP contribution is -2.34. The van der Waals surface area contributed by atoms with Crippen molar-refractivity contribution >= 4 is 17.3 Å². The molecule has 0 aliphatic carbocycles. The van der Waals surface area contributed by atoms with E-state index in [1.807, 2.05) is 23.2 Å². The van der Waals surface area contributed by atoms with Gasteiger partial charge in [0.25, 0.3) is 0 Å². The molecule has 1 aliphatic rings. The topological polar surface area (TPSA) is 45.8 Å². The van der Waals surface area contributed by atoms with Crippen molar-refractivity contribution in [2.45, 2.75) is 13.1 Å². The van der Waals surface area contributed by atoms with Crippen LogP contribution in [-0.2, 0) is 0 Å². The van der Waals surface area contributed by atoms with Crippen LogP contribution in [0.1, 0.15) is 18.7 Å². The third-order valence-electron chi connectivity index (χ3n) is 2.85. The lowest BCUT2D eigenvalue weighted by Gasteiger charge is -2.22. The third-order valence-corrected chi connectivity index (χ3v) is 3.06. The van der Waals surface area contributed by atoms with Gasteiger partial charge in [-0.15, -0.1) is 0 Å². The maximum atomic E-state index is 5.27. The van der Waals surface area contributed by atoms with Gasteiger partial charge in [-0.2, -0.15) is 5.01 Å². The monoisotopic (exact) mass is 267 g/mol. The van der Waals surface area contributed by atoms with Crippen molar-refractivity contribution in [3.63, 3.8) is 0 Å². The smallest absolute Gasteiger partial charge is 0.182 e. The van der Waals surface area contributed by atoms with Gasteiger partial charge in [-0.05, 0) is 29.9 Å². The molecular weight excluding hydrogens is 250 g/mol. The van der Waals surface area contributed by atoms with Gasteiger partial charge in [-0.1, -0.05) is 6.92 Å². The minimum absolute atomic E-state index is 0.00787. The van der Waals surface area contributed by atoms with Gasteiger partial charge in [-0.25, -0.2) is 0 Å². The Morgan fingerprint density at radius 3 is 2.33 bits per heavy atom. The number of hydrazine groups is 1. The van der Waals surface area contributed by atoms with Crippen molar-refractivity contribution < 1.29 is 9.47 Å². The number of nitrogens with one attached hydrogen (secondary N) is 2. The number of ether oxygens (including phenoxy) is 2. The maximum Gasteiger partial charge on any atom is 0.182 e. The molecule has 1 unspecified atom stereocenters. The maximum absolute atomic E-state index is 5.27. The van der Waals surface area contributed by atoms with Crippen molar-refractivity contribution in [2.24, 2.45) is 0 Å². The number of thiocarbonyl (C=S) groups is 1. The van der Waals surface area contributed by atoms with E-state index >= 15 is 0 Å². The first-order valence-corrected chi connectivity index (χ1v) is 6.15. The highest BCUT2D eigenvalue weighted by Gasteiger charge is 2.27. The molecule has 1 atom stereocenters. The molecule has 2 rings (SSSR count). The van der Waals surface area contributed by atoms with E-state index in [1.165, 1.54) is 0 Å². The number of benzene rings is 1. The number of hydrogen-bond donors (Lipinski definition) is 2. The average molecular weight is 267 g/mol. The number of rotatable bonds is 4. The first-order valence-electron chi connectivity index (χ1n) is 5.74. The van der Waals surface area contributed by atoms with E-state index in [4.69, 9.17) is 21.7 Å². The highest BCUT2D eigenvalue weighted by Crippen LogP contribution is 2.28. The Morgan fingerprint density at radius 1 is 1.22 bits per heavy atom. The molecule has 5 nitrogen and oxygen atoms in total. The van der Waals surface area contributed by atoms with E-state index in [0.717, 1.165) is 23.6 Å². The molecule has 1 aromatic carbocycles. The summed E-state index contributed by atoms with van der Waals surface area (Å²) in [5, 5.41) is 5.86. The zero-order valence-corrected chi connectivity index (χ0v) is 11.5. The van der Waals surface area contributed by atoms with Crippen molar-refractivity contribution in [1.82, 2.24) is 15.8 Å². The molecule has 0 saturated carbocycles. The van der Waals surface area contributed by atoms with Crippen LogP contribution in [0.15, 0.2) is 18.2 Å². The zero-order chi connectivity index (χ0) is 13.1. The first-order chi connectivity index (χ1) is 8.67. The van der Waals surface area contributed by atoms with Crippen LogP contribution in [0.4, 0.5) is 0 Å². The van der Waals surface area contributed by atoms with Crippen molar-refractivity contribution in [1.29, 1.82) is 0 Å². The molecule has 18 heavy (non-hydrogen) atoms. The fraction of sp³-hybridized carbons (Fsp3) is 0.417. The molecule has 1 aliphatic heterocycles. The molecular formula is C12H17N3O2S. The van der Waals surface area contributed by atoms with E-state index in [2.05, 4.69) is 17.7 Å². The Bertz CT molecular complexity index is 431. The predicted octanol–water partition coefficient (Wildman–Crippen LogP) is 1.42. The van der Waals surface area contributed by atoms with Gasteiger partial charge in [0, 0.05) is 12.6 Å². The Balaban J connectivity index is 2.34. The first kappa shape index (κ1) is 12.9. The average Bonchev–Trinajstić information content (AvgIpc) is 2.79. The van der Waals surface area contributed by atoms with Crippen LogP contribution < -0.4 is 20.2 Å². The summed E-state index contributed by atoms with van der Waals surface area (Å²) in [4.78, 5) is 0. The van der Waals surface area contributed by atoms with E-state index in [0.29, 0.717) is 5.11 Å². The molecule has 1 heterocycles. The molecule has 1 saturated heterocycles. The van der Waals surface area contributed by atoms with Crippen molar-refractivity contribution in [3.05, 3.63) is 23.8 Å². The predicted molar refractivity (Wildman–Crippen MR) is 73.5 cm³/mol. The summed E-state index contributed by atoms with van der Waals surface area (Å²) in [6, 6.07) is 5.79. The molecule has 0 amide bonds. The van der Waals surface area contributed by atoms with Crippen LogP contribution in [0.25, 0.3) is 0 Å². The second kappa shape index (κ2) is 5.41. The van der Waals surface area contributed by atoms with Crippen LogP contribution >= 0.6 is 12.2 Å². The zero-order valence-electron chi connectivity index (χ0n) is 10.7. The van der Waals surface area contributed by atoms with Crippen LogP contribution in [0.2, 0.25) is 0 Å². The Kier molecular flexibility index (Phi) is 3.88. The summed E-state index contributed by atoms with van der Waals surface area (Å²) >= 11 is 5.14. The lowest BCUT2D eigenvalue weighted by atomic mass is 10.1. The van der Waals surface area contributed by atoms with E-state index in [9.17, 15) is 0 Å². The molecule has 98 valence electrons. The fourth-order valence-corrected chi connectivity index (χ4v) is 2.17. The lowest BCUT2D eigenvalue weighted by molar-refractivity contribution is 0.198. The van der Waals surface area contributed by atoms with E-state index in [1.54, 1.807) is 14.2 Å². The van der Waals surface area contributed by atoms with Gasteiger partial charge >= 0.3 is 0 Å². The standard InChI is InChI=1S/C12H17N3O2S/c1-4-15-11(13-12(18)14-15)8-5-9(16-2)7-10(6-8)17-3/h5-7,11H,4H2,1-3H3,(H2,13,14,18). The van der Waals surface area contributed by atoms with Gasteiger partial charge in [0.1, 0.15) is 17.7 Å². The normalized spacial score (nSPS) is 19.3. The van der Waals surface area contributed by atoms with Crippen LogP contribution in [0, 0.1) is 0 Å². The minimum atomic E-state index is -0.00787. The van der Waals surface area contributed by atoms with Gasteiger partial charge in [-0.3, -0.25) is 5.43 Å². The summed E-state index contributed by atoms with van der Waals surface area (Å²) < 4.78 is 10.5. The summed E-state index contributed by atoms with van der Waals surface area (Å²) in [7, 11) is 3.28. The second-order valence-corrected chi connectivity index (χ2v) is 4.33. The largest absolute Gasteiger partial charge is 0.497 e. The third kappa shape index (κ3) is 2.49. The van der Waals surface area contributed by atoms with Crippen molar-refractivity contribution in [3.8, 4) is 11.5 Å². The second-order valence-electron chi connectivity index (χ2n) is 3.92. The molecule has 0 radical (unpaired) electrons. The number of hydrogen-bond acceptors (Lipinski definition) is 4. The summed E-state index contributed by atoms with van der Waals surface area (Å²) in [6.45, 7) is 2.89. The van der Waals surface area contributed by atoms with Gasteiger partial charge in [0.15, 0.2) is 5.11 Å². The van der Waals surface area contributed by atoms with Gasteiger partial charge in [0.05, 0.1) is 14.2 Å². The minimum Gasteiger partial charge on any atom is -0.497 e. The van der Waals surface area contributed by atoms with Gasteiger partial charge < -0.3 is 14.8 Å². The van der Waals surface area contributed by atoms with E-state index in [-0.39, 0.29) is 6.17 Å². The molecule has 2 N–H and O–H groups in total. The summed E-state index contributed by atoms with van der Waals surface area (Å²) in [6.07, 6.45) is -0.00787. The van der Waals surface area contributed by atoms with Crippen molar-refractivity contribution in [2.75, 3.05) is 20.8 Å². The van der Waals surface area contributed by atoms with Crippen LogP contribution in [0.5, 0.6) is 11.5 Å². The molecule has 0 bridgehead atoms. The molecule has 0 aromatic heterocycles.